The largest absolute Gasteiger partial charge is 0.380 e. The Morgan fingerprint density at radius 3 is 2.48 bits per heavy atom. The Kier molecular flexibility index (Phi) is 5.93. The number of anilines is 1. The van der Waals surface area contributed by atoms with Crippen molar-refractivity contribution >= 4 is 15.7 Å². The normalized spacial score (nSPS) is 21.4. The van der Waals surface area contributed by atoms with Crippen LogP contribution in [0.2, 0.25) is 0 Å². The SMILES string of the molecule is CS(=O)(=O)N1CCN(Cc2ccc(NC3CCNCC3)c(F)c2)CC1. The van der Waals surface area contributed by atoms with E-state index in [4.69, 9.17) is 0 Å². The molecule has 1 aromatic carbocycles. The summed E-state index contributed by atoms with van der Waals surface area (Å²) >= 11 is 0. The topological polar surface area (TPSA) is 64.7 Å². The number of hydrogen-bond acceptors (Lipinski definition) is 5. The van der Waals surface area contributed by atoms with Crippen LogP contribution in [0.3, 0.4) is 0 Å². The quantitative estimate of drug-likeness (QED) is 0.812. The third-order valence-corrected chi connectivity index (χ3v) is 6.24. The molecule has 140 valence electrons. The van der Waals surface area contributed by atoms with Gasteiger partial charge in [-0.1, -0.05) is 6.07 Å². The van der Waals surface area contributed by atoms with Crippen molar-refractivity contribution in [2.24, 2.45) is 0 Å². The van der Waals surface area contributed by atoms with Crippen LogP contribution >= 0.6 is 0 Å². The average Bonchev–Trinajstić information content (AvgIpc) is 2.58. The second-order valence-electron chi connectivity index (χ2n) is 6.92. The van der Waals surface area contributed by atoms with Gasteiger partial charge < -0.3 is 10.6 Å². The maximum atomic E-state index is 14.4. The Morgan fingerprint density at radius 2 is 1.88 bits per heavy atom. The van der Waals surface area contributed by atoms with Crippen molar-refractivity contribution < 1.29 is 12.8 Å². The summed E-state index contributed by atoms with van der Waals surface area (Å²) in [5, 5.41) is 6.60. The van der Waals surface area contributed by atoms with E-state index in [9.17, 15) is 12.8 Å². The van der Waals surface area contributed by atoms with Gasteiger partial charge in [-0.05, 0) is 43.6 Å². The number of sulfonamides is 1. The summed E-state index contributed by atoms with van der Waals surface area (Å²) in [4.78, 5) is 2.16. The van der Waals surface area contributed by atoms with Crippen LogP contribution in [0.1, 0.15) is 18.4 Å². The van der Waals surface area contributed by atoms with Gasteiger partial charge in [-0.2, -0.15) is 4.31 Å². The summed E-state index contributed by atoms with van der Waals surface area (Å²) in [6.45, 7) is 4.91. The van der Waals surface area contributed by atoms with Gasteiger partial charge in [0.15, 0.2) is 0 Å². The predicted octanol–water partition coefficient (Wildman–Crippen LogP) is 1.07. The lowest BCUT2D eigenvalue weighted by atomic mass is 10.1. The van der Waals surface area contributed by atoms with Crippen molar-refractivity contribution in [3.05, 3.63) is 29.6 Å². The van der Waals surface area contributed by atoms with E-state index in [1.54, 1.807) is 6.07 Å². The molecule has 2 heterocycles. The van der Waals surface area contributed by atoms with Crippen molar-refractivity contribution in [1.29, 1.82) is 0 Å². The Labute approximate surface area is 149 Å². The molecule has 3 rings (SSSR count). The highest BCUT2D eigenvalue weighted by Gasteiger charge is 2.23. The van der Waals surface area contributed by atoms with Crippen LogP contribution in [0.25, 0.3) is 0 Å². The van der Waals surface area contributed by atoms with Crippen molar-refractivity contribution in [3.8, 4) is 0 Å². The maximum absolute atomic E-state index is 14.4. The molecular formula is C17H27FN4O2S. The number of rotatable bonds is 5. The molecule has 2 saturated heterocycles. The lowest BCUT2D eigenvalue weighted by Crippen LogP contribution is -2.47. The minimum absolute atomic E-state index is 0.217. The van der Waals surface area contributed by atoms with E-state index in [-0.39, 0.29) is 5.82 Å². The van der Waals surface area contributed by atoms with Crippen LogP contribution in [0, 0.1) is 5.82 Å². The van der Waals surface area contributed by atoms with Gasteiger partial charge in [0, 0.05) is 38.8 Å². The van der Waals surface area contributed by atoms with Gasteiger partial charge in [0.05, 0.1) is 11.9 Å². The zero-order valence-electron chi connectivity index (χ0n) is 14.7. The van der Waals surface area contributed by atoms with Crippen molar-refractivity contribution in [2.75, 3.05) is 50.8 Å². The zero-order valence-corrected chi connectivity index (χ0v) is 15.5. The number of benzene rings is 1. The van der Waals surface area contributed by atoms with Crippen LogP contribution in [-0.2, 0) is 16.6 Å². The Hall–Kier alpha value is -1.22. The summed E-state index contributed by atoms with van der Waals surface area (Å²) < 4.78 is 39.0. The van der Waals surface area contributed by atoms with Crippen molar-refractivity contribution in [2.45, 2.75) is 25.4 Å². The highest BCUT2D eigenvalue weighted by atomic mass is 32.2. The molecule has 0 spiro atoms. The van der Waals surface area contributed by atoms with Crippen LogP contribution in [-0.4, -0.2) is 69.2 Å². The van der Waals surface area contributed by atoms with E-state index in [2.05, 4.69) is 15.5 Å². The van der Waals surface area contributed by atoms with E-state index >= 15 is 0 Å². The summed E-state index contributed by atoms with van der Waals surface area (Å²) in [5.41, 5.74) is 1.48. The smallest absolute Gasteiger partial charge is 0.211 e. The fourth-order valence-corrected chi connectivity index (χ4v) is 4.26. The van der Waals surface area contributed by atoms with Gasteiger partial charge in [-0.25, -0.2) is 12.8 Å². The number of hydrogen-bond donors (Lipinski definition) is 2. The zero-order chi connectivity index (χ0) is 17.9. The Balaban J connectivity index is 1.54. The van der Waals surface area contributed by atoms with Crippen molar-refractivity contribution in [3.63, 3.8) is 0 Å². The van der Waals surface area contributed by atoms with E-state index in [0.717, 1.165) is 31.5 Å². The van der Waals surface area contributed by atoms with Crippen LogP contribution in [0.4, 0.5) is 10.1 Å². The third kappa shape index (κ3) is 5.13. The standard InChI is InChI=1S/C17H27FN4O2S/c1-25(23,24)22-10-8-21(9-11-22)13-14-2-3-17(16(18)12-14)20-15-4-6-19-7-5-15/h2-3,12,15,19-20H,4-11,13H2,1H3. The number of nitrogens with one attached hydrogen (secondary N) is 2. The highest BCUT2D eigenvalue weighted by molar-refractivity contribution is 7.88. The minimum atomic E-state index is -3.11. The highest BCUT2D eigenvalue weighted by Crippen LogP contribution is 2.20. The first-order valence-corrected chi connectivity index (χ1v) is 10.7. The number of piperazine rings is 1. The maximum Gasteiger partial charge on any atom is 0.211 e. The third-order valence-electron chi connectivity index (χ3n) is 4.94. The van der Waals surface area contributed by atoms with E-state index < -0.39 is 10.0 Å². The number of nitrogens with zero attached hydrogens (tertiary/aromatic N) is 2. The van der Waals surface area contributed by atoms with Crippen LogP contribution in [0.15, 0.2) is 18.2 Å². The second kappa shape index (κ2) is 7.99. The predicted molar refractivity (Wildman–Crippen MR) is 97.6 cm³/mol. The van der Waals surface area contributed by atoms with Gasteiger partial charge in [-0.3, -0.25) is 4.90 Å². The summed E-state index contributed by atoms with van der Waals surface area (Å²) in [6, 6.07) is 5.69. The average molecular weight is 370 g/mol. The van der Waals surface area contributed by atoms with Gasteiger partial charge >= 0.3 is 0 Å². The molecule has 8 heteroatoms. The molecule has 0 aromatic heterocycles. The molecule has 0 aliphatic carbocycles. The van der Waals surface area contributed by atoms with Crippen LogP contribution < -0.4 is 10.6 Å². The first-order valence-electron chi connectivity index (χ1n) is 8.85. The van der Waals surface area contributed by atoms with Crippen molar-refractivity contribution in [1.82, 2.24) is 14.5 Å². The summed E-state index contributed by atoms with van der Waals surface area (Å²) in [5.74, 6) is -0.217. The van der Waals surface area contributed by atoms with Gasteiger partial charge in [0.2, 0.25) is 10.0 Å². The molecule has 0 saturated carbocycles. The molecule has 2 aliphatic heterocycles. The first kappa shape index (κ1) is 18.6. The summed E-state index contributed by atoms with van der Waals surface area (Å²) in [6.07, 6.45) is 3.25. The molecule has 25 heavy (non-hydrogen) atoms. The molecule has 0 radical (unpaired) electrons. The molecule has 2 aliphatic rings. The molecule has 2 fully saturated rings. The second-order valence-corrected chi connectivity index (χ2v) is 8.90. The van der Waals surface area contributed by atoms with Gasteiger partial charge in [0.25, 0.3) is 0 Å². The first-order chi connectivity index (χ1) is 11.9. The minimum Gasteiger partial charge on any atom is -0.380 e. The molecule has 6 nitrogen and oxygen atoms in total. The van der Waals surface area contributed by atoms with Gasteiger partial charge in [-0.15, -0.1) is 0 Å². The van der Waals surface area contributed by atoms with Crippen LogP contribution in [0.5, 0.6) is 0 Å². The summed E-state index contributed by atoms with van der Waals surface area (Å²) in [7, 11) is -3.11. The molecule has 0 unspecified atom stereocenters. The fraction of sp³-hybridized carbons (Fsp3) is 0.647. The number of piperidine rings is 1. The number of halogens is 1. The van der Waals surface area contributed by atoms with E-state index in [1.807, 2.05) is 12.1 Å². The Bertz CT molecular complexity index is 684. The lowest BCUT2D eigenvalue weighted by Gasteiger charge is -2.33. The molecular weight excluding hydrogens is 343 g/mol. The van der Waals surface area contributed by atoms with E-state index in [0.29, 0.717) is 44.5 Å². The fourth-order valence-electron chi connectivity index (χ4n) is 3.44. The van der Waals surface area contributed by atoms with E-state index in [1.165, 1.54) is 10.6 Å². The molecule has 0 amide bonds. The monoisotopic (exact) mass is 370 g/mol. The van der Waals surface area contributed by atoms with Gasteiger partial charge in [0.1, 0.15) is 5.82 Å². The Morgan fingerprint density at radius 1 is 1.20 bits per heavy atom. The molecule has 1 aromatic rings. The molecule has 0 atom stereocenters. The lowest BCUT2D eigenvalue weighted by molar-refractivity contribution is 0.182. The molecule has 0 bridgehead atoms. The molecule has 2 N–H and O–H groups in total.